The van der Waals surface area contributed by atoms with E-state index in [0.717, 1.165) is 15.9 Å². The molecule has 0 aliphatic carbocycles. The number of benzene rings is 1. The van der Waals surface area contributed by atoms with Crippen LogP contribution in [-0.4, -0.2) is 15.7 Å². The van der Waals surface area contributed by atoms with E-state index in [4.69, 9.17) is 11.6 Å². The van der Waals surface area contributed by atoms with Crippen molar-refractivity contribution in [2.24, 2.45) is 0 Å². The van der Waals surface area contributed by atoms with E-state index in [-0.39, 0.29) is 6.03 Å². The number of amides is 2. The Morgan fingerprint density at radius 2 is 2.15 bits per heavy atom. The van der Waals surface area contributed by atoms with Gasteiger partial charge in [0.05, 0.1) is 21.9 Å². The van der Waals surface area contributed by atoms with Crippen LogP contribution in [0.5, 0.6) is 0 Å². The standard InChI is InChI=1S/C13H11ClN4OS/c14-12-6-5-9(20-12)7-15-13(19)17-18-8-16-10-3-1-2-4-11(10)18/h1-6,8H,7H2,(H2,15,17,19). The molecule has 2 N–H and O–H groups in total. The summed E-state index contributed by atoms with van der Waals surface area (Å²) in [5.41, 5.74) is 4.40. The van der Waals surface area contributed by atoms with Gasteiger partial charge in [-0.1, -0.05) is 23.7 Å². The summed E-state index contributed by atoms with van der Waals surface area (Å²) < 4.78 is 2.30. The summed E-state index contributed by atoms with van der Waals surface area (Å²) in [7, 11) is 0. The number of nitrogens with zero attached hydrogens (tertiary/aromatic N) is 2. The number of nitrogens with one attached hydrogen (secondary N) is 2. The maximum atomic E-state index is 11.8. The highest BCUT2D eigenvalue weighted by Gasteiger charge is 2.06. The molecular weight excluding hydrogens is 296 g/mol. The Morgan fingerprint density at radius 1 is 1.30 bits per heavy atom. The molecule has 0 bridgehead atoms. The molecule has 2 amide bonds. The van der Waals surface area contributed by atoms with Crippen molar-refractivity contribution in [3.8, 4) is 0 Å². The van der Waals surface area contributed by atoms with Crippen molar-refractivity contribution < 1.29 is 4.79 Å². The van der Waals surface area contributed by atoms with Gasteiger partial charge in [0.25, 0.3) is 0 Å². The topological polar surface area (TPSA) is 59.0 Å². The highest BCUT2D eigenvalue weighted by molar-refractivity contribution is 7.16. The zero-order valence-electron chi connectivity index (χ0n) is 10.3. The second kappa shape index (κ2) is 5.52. The van der Waals surface area contributed by atoms with Gasteiger partial charge in [0.2, 0.25) is 0 Å². The zero-order chi connectivity index (χ0) is 13.9. The van der Waals surface area contributed by atoms with Crippen LogP contribution in [-0.2, 0) is 6.54 Å². The van der Waals surface area contributed by atoms with Gasteiger partial charge in [-0.25, -0.2) is 19.9 Å². The lowest BCUT2D eigenvalue weighted by atomic mass is 10.3. The molecule has 7 heteroatoms. The molecule has 5 nitrogen and oxygen atoms in total. The summed E-state index contributed by atoms with van der Waals surface area (Å²) in [5, 5.41) is 2.77. The molecule has 2 heterocycles. The molecule has 0 radical (unpaired) electrons. The number of thiophene rings is 1. The molecule has 0 saturated heterocycles. The van der Waals surface area contributed by atoms with Gasteiger partial charge < -0.3 is 5.32 Å². The number of urea groups is 1. The lowest BCUT2D eigenvalue weighted by Crippen LogP contribution is -2.33. The van der Waals surface area contributed by atoms with Crippen molar-refractivity contribution in [3.63, 3.8) is 0 Å². The predicted octanol–water partition coefficient (Wildman–Crippen LogP) is 3.20. The normalized spacial score (nSPS) is 10.7. The number of carbonyl (C=O) groups excluding carboxylic acids is 1. The van der Waals surface area contributed by atoms with Crippen molar-refractivity contribution >= 4 is 40.0 Å². The molecule has 102 valence electrons. The zero-order valence-corrected chi connectivity index (χ0v) is 11.9. The molecule has 2 aromatic heterocycles. The number of rotatable bonds is 3. The molecule has 0 aliphatic rings. The Labute approximate surface area is 124 Å². The first kappa shape index (κ1) is 13.0. The minimum Gasteiger partial charge on any atom is -0.332 e. The number of fused-ring (bicyclic) bond motifs is 1. The van der Waals surface area contributed by atoms with E-state index in [0.29, 0.717) is 10.9 Å². The quantitative estimate of drug-likeness (QED) is 0.780. The SMILES string of the molecule is O=C(NCc1ccc(Cl)s1)Nn1cnc2ccccc21. The van der Waals surface area contributed by atoms with E-state index in [1.54, 1.807) is 11.0 Å². The highest BCUT2D eigenvalue weighted by atomic mass is 35.5. The highest BCUT2D eigenvalue weighted by Crippen LogP contribution is 2.20. The van der Waals surface area contributed by atoms with Gasteiger partial charge in [-0.15, -0.1) is 11.3 Å². The van der Waals surface area contributed by atoms with Crippen molar-refractivity contribution in [2.45, 2.75) is 6.54 Å². The summed E-state index contributed by atoms with van der Waals surface area (Å²) in [6.07, 6.45) is 1.58. The van der Waals surface area contributed by atoms with Crippen LogP contribution < -0.4 is 10.7 Å². The summed E-state index contributed by atoms with van der Waals surface area (Å²) >= 11 is 7.28. The van der Waals surface area contributed by atoms with Gasteiger partial charge in [0, 0.05) is 4.88 Å². The number of aromatic nitrogens is 2. The predicted molar refractivity (Wildman–Crippen MR) is 80.7 cm³/mol. The van der Waals surface area contributed by atoms with Crippen molar-refractivity contribution in [3.05, 3.63) is 51.9 Å². The van der Waals surface area contributed by atoms with Crippen LogP contribution in [0.1, 0.15) is 4.88 Å². The van der Waals surface area contributed by atoms with Gasteiger partial charge in [0.15, 0.2) is 0 Å². The van der Waals surface area contributed by atoms with E-state index in [9.17, 15) is 4.79 Å². The Morgan fingerprint density at radius 3 is 2.95 bits per heavy atom. The van der Waals surface area contributed by atoms with E-state index in [1.807, 2.05) is 36.4 Å². The number of carbonyl (C=O) groups is 1. The summed E-state index contributed by atoms with van der Waals surface area (Å²) in [5.74, 6) is 0. The summed E-state index contributed by atoms with van der Waals surface area (Å²) in [6, 6.07) is 11.0. The van der Waals surface area contributed by atoms with Crippen LogP contribution in [0.4, 0.5) is 4.79 Å². The third kappa shape index (κ3) is 2.76. The fraction of sp³-hybridized carbons (Fsp3) is 0.0769. The van der Waals surface area contributed by atoms with Crippen LogP contribution in [0.15, 0.2) is 42.7 Å². The maximum Gasteiger partial charge on any atom is 0.334 e. The third-order valence-electron chi connectivity index (χ3n) is 2.73. The smallest absolute Gasteiger partial charge is 0.332 e. The van der Waals surface area contributed by atoms with Crippen LogP contribution in [0.3, 0.4) is 0 Å². The number of halogens is 1. The Bertz CT molecular complexity index is 752. The minimum absolute atomic E-state index is 0.294. The Balaban J connectivity index is 1.64. The maximum absolute atomic E-state index is 11.8. The van der Waals surface area contributed by atoms with E-state index in [1.165, 1.54) is 11.3 Å². The molecule has 0 unspecified atom stereocenters. The van der Waals surface area contributed by atoms with Crippen molar-refractivity contribution in [2.75, 3.05) is 5.43 Å². The molecule has 3 aromatic rings. The first-order valence-corrected chi connectivity index (χ1v) is 7.13. The minimum atomic E-state index is -0.294. The molecule has 20 heavy (non-hydrogen) atoms. The fourth-order valence-electron chi connectivity index (χ4n) is 1.81. The largest absolute Gasteiger partial charge is 0.334 e. The summed E-state index contributed by atoms with van der Waals surface area (Å²) in [4.78, 5) is 17.0. The molecule has 0 aliphatic heterocycles. The first-order chi connectivity index (χ1) is 9.72. The molecule has 0 spiro atoms. The molecule has 0 fully saturated rings. The second-order valence-electron chi connectivity index (χ2n) is 4.10. The molecule has 1 aromatic carbocycles. The van der Waals surface area contributed by atoms with Crippen LogP contribution in [0.25, 0.3) is 11.0 Å². The van der Waals surface area contributed by atoms with Gasteiger partial charge >= 0.3 is 6.03 Å². The first-order valence-electron chi connectivity index (χ1n) is 5.93. The van der Waals surface area contributed by atoms with Gasteiger partial charge in [0.1, 0.15) is 6.33 Å². The Kier molecular flexibility index (Phi) is 3.58. The number of hydrogen-bond acceptors (Lipinski definition) is 3. The lowest BCUT2D eigenvalue weighted by Gasteiger charge is -2.08. The fourth-order valence-corrected chi connectivity index (χ4v) is 2.84. The van der Waals surface area contributed by atoms with Crippen LogP contribution in [0, 0.1) is 0 Å². The number of imidazole rings is 1. The van der Waals surface area contributed by atoms with Crippen molar-refractivity contribution in [1.82, 2.24) is 15.0 Å². The average Bonchev–Trinajstić information content (AvgIpc) is 3.04. The monoisotopic (exact) mass is 306 g/mol. The molecular formula is C13H11ClN4OS. The van der Waals surface area contributed by atoms with E-state index < -0.39 is 0 Å². The molecule has 3 rings (SSSR count). The van der Waals surface area contributed by atoms with Gasteiger partial charge in [-0.2, -0.15) is 0 Å². The lowest BCUT2D eigenvalue weighted by molar-refractivity contribution is 0.249. The Hall–Kier alpha value is -2.05. The second-order valence-corrected chi connectivity index (χ2v) is 5.90. The van der Waals surface area contributed by atoms with Crippen molar-refractivity contribution in [1.29, 1.82) is 0 Å². The summed E-state index contributed by atoms with van der Waals surface area (Å²) in [6.45, 7) is 0.440. The van der Waals surface area contributed by atoms with Gasteiger partial charge in [-0.3, -0.25) is 0 Å². The molecule has 0 saturated carbocycles. The number of hydrogen-bond donors (Lipinski definition) is 2. The van der Waals surface area contributed by atoms with Crippen LogP contribution >= 0.6 is 22.9 Å². The molecule has 0 atom stereocenters. The van der Waals surface area contributed by atoms with Gasteiger partial charge in [-0.05, 0) is 24.3 Å². The third-order valence-corrected chi connectivity index (χ3v) is 3.96. The number of para-hydroxylation sites is 2. The van der Waals surface area contributed by atoms with E-state index in [2.05, 4.69) is 15.7 Å². The van der Waals surface area contributed by atoms with Crippen LogP contribution in [0.2, 0.25) is 4.34 Å². The average molecular weight is 307 g/mol. The van der Waals surface area contributed by atoms with E-state index >= 15 is 0 Å².